The molecule has 6 rings (SSSR count). The summed E-state index contributed by atoms with van der Waals surface area (Å²) in [7, 11) is 4.32. The van der Waals surface area contributed by atoms with Crippen molar-refractivity contribution in [2.45, 2.75) is 44.1 Å². The molecule has 0 radical (unpaired) electrons. The maximum atomic E-state index is 13.8. The highest BCUT2D eigenvalue weighted by atomic mass is 16.5. The molecule has 0 saturated heterocycles. The van der Waals surface area contributed by atoms with E-state index in [0.717, 1.165) is 38.5 Å². The summed E-state index contributed by atoms with van der Waals surface area (Å²) in [5, 5.41) is 7.50. The van der Waals surface area contributed by atoms with Crippen molar-refractivity contribution >= 4 is 17.6 Å². The van der Waals surface area contributed by atoms with Gasteiger partial charge in [-0.1, -0.05) is 0 Å². The van der Waals surface area contributed by atoms with Gasteiger partial charge in [0.2, 0.25) is 5.91 Å². The number of benzene rings is 1. The minimum absolute atomic E-state index is 0.0616. The lowest BCUT2D eigenvalue weighted by Gasteiger charge is -2.60. The van der Waals surface area contributed by atoms with Gasteiger partial charge in [0, 0.05) is 12.1 Å². The number of carbonyl (C=O) groups is 2. The van der Waals surface area contributed by atoms with Crippen LogP contribution >= 0.6 is 0 Å². The van der Waals surface area contributed by atoms with Crippen LogP contribution in [0.2, 0.25) is 0 Å². The van der Waals surface area contributed by atoms with Crippen molar-refractivity contribution in [3.63, 3.8) is 0 Å². The van der Waals surface area contributed by atoms with Crippen LogP contribution in [0.25, 0.3) is 0 Å². The third kappa shape index (κ3) is 3.13. The number of anilines is 1. The number of hydrogen-bond donors (Lipinski definition) is 1. The Bertz CT molecular complexity index is 1040. The Morgan fingerprint density at radius 2 is 1.75 bits per heavy atom. The second-order valence-corrected chi connectivity index (χ2v) is 9.50. The SMILES string of the molecule is COC(=O)c1cc(OC)c(OC)cc1NC(=O)C12C[C@H]3C[C@H](C1)CC(n1cncn1)(C3)C2. The first-order valence-electron chi connectivity index (χ1n) is 10.9. The zero-order valence-corrected chi connectivity index (χ0v) is 18.6. The molecule has 170 valence electrons. The Kier molecular flexibility index (Phi) is 4.87. The molecule has 1 aromatic carbocycles. The molecular formula is C23H28N4O5. The molecule has 1 amide bonds. The lowest BCUT2D eigenvalue weighted by molar-refractivity contribution is -0.150. The zero-order valence-electron chi connectivity index (χ0n) is 18.6. The first-order valence-corrected chi connectivity index (χ1v) is 10.9. The highest BCUT2D eigenvalue weighted by Crippen LogP contribution is 2.64. The van der Waals surface area contributed by atoms with E-state index in [1.807, 2.05) is 4.68 Å². The van der Waals surface area contributed by atoms with Crippen molar-refractivity contribution in [3.05, 3.63) is 30.4 Å². The molecular weight excluding hydrogens is 412 g/mol. The van der Waals surface area contributed by atoms with E-state index in [-0.39, 0.29) is 17.0 Å². The molecule has 4 fully saturated rings. The van der Waals surface area contributed by atoms with Crippen LogP contribution in [0.4, 0.5) is 5.69 Å². The van der Waals surface area contributed by atoms with Crippen LogP contribution in [0.5, 0.6) is 11.5 Å². The Balaban J connectivity index is 1.50. The maximum Gasteiger partial charge on any atom is 0.340 e. The molecule has 9 nitrogen and oxygen atoms in total. The first-order chi connectivity index (χ1) is 15.4. The first kappa shape index (κ1) is 20.8. The predicted octanol–water partition coefficient (Wildman–Crippen LogP) is 3.02. The van der Waals surface area contributed by atoms with E-state index in [1.165, 1.54) is 27.4 Å². The molecule has 4 bridgehead atoms. The average Bonchev–Trinajstić information content (AvgIpc) is 3.33. The van der Waals surface area contributed by atoms with Crippen molar-refractivity contribution in [2.75, 3.05) is 26.6 Å². The monoisotopic (exact) mass is 440 g/mol. The number of hydrogen-bond acceptors (Lipinski definition) is 7. The lowest BCUT2D eigenvalue weighted by atomic mass is 9.46. The molecule has 1 heterocycles. The lowest BCUT2D eigenvalue weighted by Crippen LogP contribution is -2.60. The van der Waals surface area contributed by atoms with E-state index < -0.39 is 11.4 Å². The van der Waals surface area contributed by atoms with E-state index >= 15 is 0 Å². The van der Waals surface area contributed by atoms with Crippen LogP contribution in [-0.2, 0) is 15.1 Å². The smallest absolute Gasteiger partial charge is 0.340 e. The van der Waals surface area contributed by atoms with Crippen LogP contribution < -0.4 is 14.8 Å². The van der Waals surface area contributed by atoms with Crippen LogP contribution in [0.3, 0.4) is 0 Å². The number of rotatable bonds is 6. The fourth-order valence-corrected chi connectivity index (χ4v) is 6.72. The summed E-state index contributed by atoms with van der Waals surface area (Å²) >= 11 is 0. The molecule has 2 atom stereocenters. The zero-order chi connectivity index (χ0) is 22.5. The van der Waals surface area contributed by atoms with Crippen molar-refractivity contribution in [2.24, 2.45) is 17.3 Å². The Labute approximate surface area is 186 Å². The Hall–Kier alpha value is -3.10. The molecule has 4 aliphatic rings. The molecule has 1 aromatic heterocycles. The highest BCUT2D eigenvalue weighted by molar-refractivity contribution is 6.04. The number of esters is 1. The fourth-order valence-electron chi connectivity index (χ4n) is 6.72. The number of nitrogens with one attached hydrogen (secondary N) is 1. The van der Waals surface area contributed by atoms with Gasteiger partial charge in [-0.25, -0.2) is 14.5 Å². The summed E-state index contributed by atoms with van der Waals surface area (Å²) < 4.78 is 17.6. The van der Waals surface area contributed by atoms with Crippen LogP contribution in [0.1, 0.15) is 48.9 Å². The fraction of sp³-hybridized carbons (Fsp3) is 0.565. The van der Waals surface area contributed by atoms with Gasteiger partial charge in [0.05, 0.1) is 43.5 Å². The molecule has 0 unspecified atom stereocenters. The number of carbonyl (C=O) groups excluding carboxylic acids is 2. The molecule has 1 N–H and O–H groups in total. The quantitative estimate of drug-likeness (QED) is 0.689. The summed E-state index contributed by atoms with van der Waals surface area (Å²) in [6.07, 6.45) is 9.01. The summed E-state index contributed by atoms with van der Waals surface area (Å²) in [6.45, 7) is 0. The van der Waals surface area contributed by atoms with Gasteiger partial charge in [-0.05, 0) is 50.4 Å². The number of aromatic nitrogens is 3. The number of nitrogens with zero attached hydrogens (tertiary/aromatic N) is 3. The molecule has 4 aliphatic carbocycles. The summed E-state index contributed by atoms with van der Waals surface area (Å²) in [5.41, 5.74) is -0.0728. The van der Waals surface area contributed by atoms with Gasteiger partial charge in [-0.2, -0.15) is 5.10 Å². The number of methoxy groups -OCH3 is 3. The van der Waals surface area contributed by atoms with Gasteiger partial charge in [0.1, 0.15) is 12.7 Å². The maximum absolute atomic E-state index is 13.8. The molecule has 4 saturated carbocycles. The number of ether oxygens (including phenoxy) is 3. The topological polar surface area (TPSA) is 105 Å². The van der Waals surface area contributed by atoms with Crippen LogP contribution in [-0.4, -0.2) is 48.0 Å². The Morgan fingerprint density at radius 3 is 2.34 bits per heavy atom. The standard InChI is InChI=1S/C23H28N4O5/c1-30-18-5-16(20(28)32-3)17(6-19(18)31-2)26-21(29)22-7-14-4-15(8-22)10-23(9-14,11-22)27-13-24-12-25-27/h5-6,12-15H,4,7-11H2,1-3H3,(H,26,29)/t14-,15-,22?,23?/m1/s1. The molecule has 0 aliphatic heterocycles. The van der Waals surface area contributed by atoms with E-state index in [1.54, 1.807) is 18.7 Å². The second kappa shape index (κ2) is 7.50. The summed E-state index contributed by atoms with van der Waals surface area (Å²) in [6, 6.07) is 3.16. The molecule has 9 heteroatoms. The third-order valence-corrected chi connectivity index (χ3v) is 7.59. The van der Waals surface area contributed by atoms with Crippen molar-refractivity contribution < 1.29 is 23.8 Å². The van der Waals surface area contributed by atoms with Gasteiger partial charge in [-0.3, -0.25) is 4.79 Å². The van der Waals surface area contributed by atoms with E-state index in [4.69, 9.17) is 14.2 Å². The van der Waals surface area contributed by atoms with Crippen LogP contribution in [0, 0.1) is 17.3 Å². The Morgan fingerprint density at radius 1 is 1.06 bits per heavy atom. The predicted molar refractivity (Wildman–Crippen MR) is 115 cm³/mol. The third-order valence-electron chi connectivity index (χ3n) is 7.59. The molecule has 0 spiro atoms. The van der Waals surface area contributed by atoms with Gasteiger partial charge in [0.15, 0.2) is 11.5 Å². The van der Waals surface area contributed by atoms with Crippen molar-refractivity contribution in [1.29, 1.82) is 0 Å². The highest BCUT2D eigenvalue weighted by Gasteiger charge is 2.61. The minimum atomic E-state index is -0.550. The van der Waals surface area contributed by atoms with Gasteiger partial charge in [0.25, 0.3) is 0 Å². The van der Waals surface area contributed by atoms with E-state index in [0.29, 0.717) is 29.0 Å². The van der Waals surface area contributed by atoms with Crippen LogP contribution in [0.15, 0.2) is 24.8 Å². The normalized spacial score (nSPS) is 30.1. The minimum Gasteiger partial charge on any atom is -0.493 e. The van der Waals surface area contributed by atoms with Gasteiger partial charge >= 0.3 is 5.97 Å². The van der Waals surface area contributed by atoms with Crippen molar-refractivity contribution in [3.8, 4) is 11.5 Å². The van der Waals surface area contributed by atoms with Gasteiger partial charge < -0.3 is 19.5 Å². The summed E-state index contributed by atoms with van der Waals surface area (Å²) in [5.74, 6) is 1.18. The van der Waals surface area contributed by atoms with E-state index in [2.05, 4.69) is 15.4 Å². The summed E-state index contributed by atoms with van der Waals surface area (Å²) in [4.78, 5) is 30.4. The molecule has 2 aromatic rings. The average molecular weight is 441 g/mol. The van der Waals surface area contributed by atoms with E-state index in [9.17, 15) is 9.59 Å². The number of amides is 1. The molecule has 32 heavy (non-hydrogen) atoms. The van der Waals surface area contributed by atoms with Crippen molar-refractivity contribution in [1.82, 2.24) is 14.8 Å². The largest absolute Gasteiger partial charge is 0.493 e. The second-order valence-electron chi connectivity index (χ2n) is 9.50. The van der Waals surface area contributed by atoms with Gasteiger partial charge in [-0.15, -0.1) is 0 Å².